The highest BCUT2D eigenvalue weighted by molar-refractivity contribution is 5.81. The predicted molar refractivity (Wildman–Crippen MR) is 95.1 cm³/mol. The number of aliphatic hydroxyl groups excluding tert-OH is 3. The van der Waals surface area contributed by atoms with Gasteiger partial charge in [0.05, 0.1) is 12.7 Å². The van der Waals surface area contributed by atoms with Crippen LogP contribution in [0.15, 0.2) is 33.5 Å². The lowest BCUT2D eigenvalue weighted by Crippen LogP contribution is -2.51. The minimum Gasteiger partial charge on any atom is -0.465 e. The summed E-state index contributed by atoms with van der Waals surface area (Å²) >= 11 is 0. The van der Waals surface area contributed by atoms with Gasteiger partial charge < -0.3 is 34.9 Å². The predicted octanol–water partition coefficient (Wildman–Crippen LogP) is -0.199. The van der Waals surface area contributed by atoms with Crippen molar-refractivity contribution in [3.05, 3.63) is 40.2 Å². The summed E-state index contributed by atoms with van der Waals surface area (Å²) in [4.78, 5) is 20.7. The number of aryl methyl sites for hydroxylation is 1. The minimum atomic E-state index is -1.16. The van der Waals surface area contributed by atoms with Gasteiger partial charge in [0.15, 0.2) is 0 Å². The van der Waals surface area contributed by atoms with Gasteiger partial charge in [-0.2, -0.15) is 0 Å². The molecule has 9 heteroatoms. The second kappa shape index (κ2) is 8.96. The van der Waals surface area contributed by atoms with E-state index < -0.39 is 36.8 Å². The minimum absolute atomic E-state index is 0.0630. The number of nitrogens with two attached hydrogens (primary N) is 1. The molecule has 2 heterocycles. The first-order valence-electron chi connectivity index (χ1n) is 8.31. The Morgan fingerprint density at radius 1 is 1.33 bits per heavy atom. The normalized spacial score (nSPS) is 24.8. The van der Waals surface area contributed by atoms with Crippen LogP contribution in [0.3, 0.4) is 0 Å². The molecule has 9 nitrogen and oxygen atoms in total. The Bertz CT molecular complexity index is 845. The Hall–Kier alpha value is -2.46. The van der Waals surface area contributed by atoms with E-state index in [0.717, 1.165) is 10.9 Å². The number of rotatable bonds is 3. The number of ether oxygens (including phenoxy) is 2. The maximum absolute atomic E-state index is 11.4. The molecule has 1 aliphatic heterocycles. The van der Waals surface area contributed by atoms with Gasteiger partial charge in [-0.1, -0.05) is 0 Å². The molecule has 4 atom stereocenters. The Balaban J connectivity index is 0.000000596. The molecule has 0 spiro atoms. The third kappa shape index (κ3) is 5.51. The SMILES string of the molecule is CC(N)=O.Cc1cc(=O)oc2cc(O[C@H]3C[C@@H](O)[C@H](O)[C@@H](CO)O3)ccc12. The highest BCUT2D eigenvalue weighted by atomic mass is 16.7. The highest BCUT2D eigenvalue weighted by Gasteiger charge is 2.37. The summed E-state index contributed by atoms with van der Waals surface area (Å²) in [5.41, 5.74) is 5.22. The molecule has 0 aliphatic carbocycles. The zero-order chi connectivity index (χ0) is 20.1. The van der Waals surface area contributed by atoms with Crippen molar-refractivity contribution in [3.63, 3.8) is 0 Å². The van der Waals surface area contributed by atoms with E-state index in [1.54, 1.807) is 18.2 Å². The second-order valence-corrected chi connectivity index (χ2v) is 6.22. The largest absolute Gasteiger partial charge is 0.465 e. The van der Waals surface area contributed by atoms with Crippen LogP contribution >= 0.6 is 0 Å². The molecule has 1 aromatic carbocycles. The van der Waals surface area contributed by atoms with E-state index in [-0.39, 0.29) is 12.3 Å². The number of hydrogen-bond acceptors (Lipinski definition) is 8. The number of hydrogen-bond donors (Lipinski definition) is 4. The third-order valence-electron chi connectivity index (χ3n) is 3.91. The smallest absolute Gasteiger partial charge is 0.336 e. The average molecular weight is 381 g/mol. The Morgan fingerprint density at radius 3 is 2.63 bits per heavy atom. The van der Waals surface area contributed by atoms with Crippen LogP contribution in [-0.4, -0.2) is 52.4 Å². The summed E-state index contributed by atoms with van der Waals surface area (Å²) < 4.78 is 16.2. The molecule has 0 radical (unpaired) electrons. The van der Waals surface area contributed by atoms with Gasteiger partial charge in [-0.25, -0.2) is 4.79 Å². The third-order valence-corrected chi connectivity index (χ3v) is 3.91. The zero-order valence-corrected chi connectivity index (χ0v) is 15.0. The van der Waals surface area contributed by atoms with Crippen LogP contribution in [0.4, 0.5) is 0 Å². The Kier molecular flexibility index (Phi) is 6.92. The van der Waals surface area contributed by atoms with Crippen molar-refractivity contribution in [2.45, 2.75) is 44.9 Å². The fourth-order valence-electron chi connectivity index (χ4n) is 2.67. The van der Waals surface area contributed by atoms with E-state index in [4.69, 9.17) is 19.0 Å². The zero-order valence-electron chi connectivity index (χ0n) is 15.0. The van der Waals surface area contributed by atoms with Gasteiger partial charge in [0, 0.05) is 30.9 Å². The number of carbonyl (C=O) groups excluding carboxylic acids is 1. The average Bonchev–Trinajstić information content (AvgIpc) is 2.57. The van der Waals surface area contributed by atoms with Crippen molar-refractivity contribution < 1.29 is 34.0 Å². The van der Waals surface area contributed by atoms with E-state index in [1.807, 2.05) is 6.92 Å². The van der Waals surface area contributed by atoms with Gasteiger partial charge in [0.1, 0.15) is 23.5 Å². The molecule has 0 saturated carbocycles. The number of amides is 1. The van der Waals surface area contributed by atoms with E-state index in [0.29, 0.717) is 11.3 Å². The first-order chi connectivity index (χ1) is 12.7. The molecule has 0 unspecified atom stereocenters. The van der Waals surface area contributed by atoms with Gasteiger partial charge in [-0.3, -0.25) is 4.79 Å². The molecule has 3 rings (SSSR count). The van der Waals surface area contributed by atoms with E-state index in [2.05, 4.69) is 5.73 Å². The fourth-order valence-corrected chi connectivity index (χ4v) is 2.67. The van der Waals surface area contributed by atoms with Gasteiger partial charge >= 0.3 is 5.63 Å². The first-order valence-corrected chi connectivity index (χ1v) is 8.31. The molecule has 27 heavy (non-hydrogen) atoms. The first kappa shape index (κ1) is 20.8. The summed E-state index contributed by atoms with van der Waals surface area (Å²) in [6, 6.07) is 6.44. The maximum atomic E-state index is 11.4. The lowest BCUT2D eigenvalue weighted by Gasteiger charge is -2.36. The van der Waals surface area contributed by atoms with Gasteiger partial charge in [0.2, 0.25) is 12.2 Å². The quantitative estimate of drug-likeness (QED) is 0.533. The van der Waals surface area contributed by atoms with Crippen molar-refractivity contribution in [2.75, 3.05) is 6.61 Å². The summed E-state index contributed by atoms with van der Waals surface area (Å²) in [5, 5.41) is 29.4. The van der Waals surface area contributed by atoms with E-state index in [1.165, 1.54) is 13.0 Å². The van der Waals surface area contributed by atoms with Crippen molar-refractivity contribution in [2.24, 2.45) is 5.73 Å². The summed E-state index contributed by atoms with van der Waals surface area (Å²) in [7, 11) is 0. The molecular weight excluding hydrogens is 358 g/mol. The molecule has 0 bridgehead atoms. The molecule has 1 amide bonds. The number of carbonyl (C=O) groups is 1. The number of primary amides is 1. The lowest BCUT2D eigenvalue weighted by molar-refractivity contribution is -0.229. The molecule has 1 aliphatic rings. The van der Waals surface area contributed by atoms with Crippen LogP contribution in [0.1, 0.15) is 18.9 Å². The molecular formula is C18H23NO8. The molecule has 1 aromatic heterocycles. The van der Waals surface area contributed by atoms with Crippen molar-refractivity contribution in [1.82, 2.24) is 0 Å². The Labute approximate surface area is 154 Å². The van der Waals surface area contributed by atoms with E-state index >= 15 is 0 Å². The van der Waals surface area contributed by atoms with E-state index in [9.17, 15) is 19.8 Å². The van der Waals surface area contributed by atoms with Crippen LogP contribution < -0.4 is 16.1 Å². The fraction of sp³-hybridized carbons (Fsp3) is 0.444. The molecule has 5 N–H and O–H groups in total. The monoisotopic (exact) mass is 381 g/mol. The van der Waals surface area contributed by atoms with Crippen molar-refractivity contribution in [1.29, 1.82) is 0 Å². The number of benzene rings is 1. The van der Waals surface area contributed by atoms with Crippen LogP contribution in [-0.2, 0) is 9.53 Å². The number of aliphatic hydroxyl groups is 3. The van der Waals surface area contributed by atoms with Crippen LogP contribution in [0.25, 0.3) is 11.0 Å². The summed E-state index contributed by atoms with van der Waals surface area (Å²) in [6.07, 6.45) is -3.87. The highest BCUT2D eigenvalue weighted by Crippen LogP contribution is 2.26. The topological polar surface area (TPSA) is 152 Å². The molecule has 2 aromatic rings. The molecule has 1 fully saturated rings. The second-order valence-electron chi connectivity index (χ2n) is 6.22. The Morgan fingerprint density at radius 2 is 2.00 bits per heavy atom. The van der Waals surface area contributed by atoms with Crippen molar-refractivity contribution in [3.8, 4) is 5.75 Å². The lowest BCUT2D eigenvalue weighted by atomic mass is 10.0. The standard InChI is InChI=1S/C16H18O7.C2H5NO/c1-8-4-14(19)22-12-5-9(2-3-10(8)12)21-15-6-11(18)16(20)13(7-17)23-15;1-2(3)4/h2-5,11,13,15-18,20H,6-7H2,1H3;1H3,(H2,3,4)/t11-,13-,15-,16+;/m1./s1. The van der Waals surface area contributed by atoms with Crippen LogP contribution in [0, 0.1) is 6.92 Å². The molecule has 148 valence electrons. The maximum Gasteiger partial charge on any atom is 0.336 e. The van der Waals surface area contributed by atoms with Crippen molar-refractivity contribution >= 4 is 16.9 Å². The van der Waals surface area contributed by atoms with Gasteiger partial charge in [-0.05, 0) is 24.6 Å². The number of fused-ring (bicyclic) bond motifs is 1. The summed E-state index contributed by atoms with van der Waals surface area (Å²) in [5.74, 6) is 0.0662. The van der Waals surface area contributed by atoms with Crippen LogP contribution in [0.2, 0.25) is 0 Å². The molecule has 1 saturated heterocycles. The van der Waals surface area contributed by atoms with Gasteiger partial charge in [-0.15, -0.1) is 0 Å². The van der Waals surface area contributed by atoms with Crippen LogP contribution in [0.5, 0.6) is 5.75 Å². The summed E-state index contributed by atoms with van der Waals surface area (Å²) in [6.45, 7) is 2.69. The van der Waals surface area contributed by atoms with Gasteiger partial charge in [0.25, 0.3) is 0 Å².